The summed E-state index contributed by atoms with van der Waals surface area (Å²) in [6, 6.07) is 0. The van der Waals surface area contributed by atoms with Gasteiger partial charge in [-0.05, 0) is 64.5 Å². The number of likely N-dealkylation sites (tertiary alicyclic amines) is 1. The van der Waals surface area contributed by atoms with E-state index in [2.05, 4.69) is 25.7 Å². The van der Waals surface area contributed by atoms with Gasteiger partial charge in [0.2, 0.25) is 0 Å². The summed E-state index contributed by atoms with van der Waals surface area (Å²) in [5.41, 5.74) is -0.0310. The van der Waals surface area contributed by atoms with Gasteiger partial charge in [0.05, 0.1) is 6.10 Å². The molecular formula is C16H31NO. The van der Waals surface area contributed by atoms with E-state index in [1.165, 1.54) is 58.0 Å². The van der Waals surface area contributed by atoms with Crippen LogP contribution in [0.1, 0.15) is 65.7 Å². The molecule has 0 aromatic carbocycles. The third-order valence-corrected chi connectivity index (χ3v) is 5.49. The van der Waals surface area contributed by atoms with Crippen molar-refractivity contribution in [2.75, 3.05) is 13.1 Å². The monoisotopic (exact) mass is 253 g/mol. The highest BCUT2D eigenvalue weighted by atomic mass is 16.3. The van der Waals surface area contributed by atoms with Crippen LogP contribution in [0.5, 0.6) is 0 Å². The Bertz CT molecular complexity index is 258. The molecule has 0 spiro atoms. The lowest BCUT2D eigenvalue weighted by Crippen LogP contribution is -2.54. The van der Waals surface area contributed by atoms with Crippen LogP contribution in [0.15, 0.2) is 0 Å². The summed E-state index contributed by atoms with van der Waals surface area (Å²) in [5.74, 6) is 1.38. The second-order valence-corrected chi connectivity index (χ2v) is 6.99. The molecule has 106 valence electrons. The Balaban J connectivity index is 1.98. The number of aliphatic hydroxyl groups is 1. The molecule has 2 nitrogen and oxygen atoms in total. The first kappa shape index (κ1) is 14.3. The molecule has 1 saturated carbocycles. The van der Waals surface area contributed by atoms with Gasteiger partial charge in [-0.2, -0.15) is 0 Å². The van der Waals surface area contributed by atoms with Crippen LogP contribution in [0.4, 0.5) is 0 Å². The lowest BCUT2D eigenvalue weighted by molar-refractivity contribution is -0.0474. The summed E-state index contributed by atoms with van der Waals surface area (Å²) in [4.78, 5) is 2.51. The molecule has 0 radical (unpaired) electrons. The zero-order valence-electron chi connectivity index (χ0n) is 12.5. The van der Waals surface area contributed by atoms with E-state index >= 15 is 0 Å². The average Bonchev–Trinajstić information content (AvgIpc) is 2.92. The summed E-state index contributed by atoms with van der Waals surface area (Å²) in [6.07, 6.45) is 8.92. The highest BCUT2D eigenvalue weighted by Gasteiger charge is 2.40. The third kappa shape index (κ3) is 2.91. The van der Waals surface area contributed by atoms with Gasteiger partial charge >= 0.3 is 0 Å². The quantitative estimate of drug-likeness (QED) is 0.829. The molecule has 0 amide bonds. The number of nitrogens with zero attached hydrogens (tertiary/aromatic N) is 1. The van der Waals surface area contributed by atoms with Gasteiger partial charge in [0, 0.05) is 5.54 Å². The van der Waals surface area contributed by atoms with Crippen molar-refractivity contribution in [3.05, 3.63) is 0 Å². The average molecular weight is 253 g/mol. The van der Waals surface area contributed by atoms with Gasteiger partial charge in [0.25, 0.3) is 0 Å². The maximum atomic E-state index is 10.8. The molecule has 2 aliphatic rings. The lowest BCUT2D eigenvalue weighted by Gasteiger charge is -2.44. The van der Waals surface area contributed by atoms with Gasteiger partial charge in [-0.3, -0.25) is 4.90 Å². The van der Waals surface area contributed by atoms with Gasteiger partial charge in [-0.1, -0.05) is 26.2 Å². The van der Waals surface area contributed by atoms with Crippen LogP contribution in [0.3, 0.4) is 0 Å². The smallest absolute Gasteiger partial charge is 0.0746 e. The molecule has 0 aromatic heterocycles. The minimum absolute atomic E-state index is 0.0310. The molecule has 3 atom stereocenters. The molecule has 3 unspecified atom stereocenters. The number of hydrogen-bond acceptors (Lipinski definition) is 2. The maximum absolute atomic E-state index is 10.8. The third-order valence-electron chi connectivity index (χ3n) is 5.49. The Morgan fingerprint density at radius 1 is 1.17 bits per heavy atom. The molecule has 0 bridgehead atoms. The molecule has 1 heterocycles. The number of hydrogen-bond donors (Lipinski definition) is 1. The number of rotatable bonds is 4. The van der Waals surface area contributed by atoms with Crippen molar-refractivity contribution in [1.29, 1.82) is 0 Å². The van der Waals surface area contributed by atoms with Crippen molar-refractivity contribution >= 4 is 0 Å². The van der Waals surface area contributed by atoms with Crippen LogP contribution in [0, 0.1) is 11.8 Å². The second-order valence-electron chi connectivity index (χ2n) is 6.99. The Morgan fingerprint density at radius 2 is 1.83 bits per heavy atom. The first-order valence-electron chi connectivity index (χ1n) is 7.98. The van der Waals surface area contributed by atoms with E-state index in [0.29, 0.717) is 5.92 Å². The normalized spacial score (nSPS) is 32.7. The minimum atomic E-state index is -0.148. The Hall–Kier alpha value is -0.0800. The predicted molar refractivity (Wildman–Crippen MR) is 76.6 cm³/mol. The summed E-state index contributed by atoms with van der Waals surface area (Å²) < 4.78 is 0. The van der Waals surface area contributed by atoms with Crippen molar-refractivity contribution in [3.63, 3.8) is 0 Å². The SMILES string of the molecule is CCC1CCCC(C(O)C(C)(C)N2CCCC2)C1. The van der Waals surface area contributed by atoms with Crippen molar-refractivity contribution in [3.8, 4) is 0 Å². The largest absolute Gasteiger partial charge is 0.391 e. The standard InChI is InChI=1S/C16H31NO/c1-4-13-8-7-9-14(12-13)15(18)16(2,3)17-10-5-6-11-17/h13-15,18H,4-12H2,1-3H3. The molecule has 1 aliphatic carbocycles. The van der Waals surface area contributed by atoms with E-state index in [0.717, 1.165) is 5.92 Å². The topological polar surface area (TPSA) is 23.5 Å². The molecule has 2 rings (SSSR count). The zero-order chi connectivity index (χ0) is 13.2. The van der Waals surface area contributed by atoms with Gasteiger partial charge < -0.3 is 5.11 Å². The predicted octanol–water partition coefficient (Wildman–Crippen LogP) is 3.44. The summed E-state index contributed by atoms with van der Waals surface area (Å²) in [5, 5.41) is 10.8. The highest BCUT2D eigenvalue weighted by Crippen LogP contribution is 2.38. The fraction of sp³-hybridized carbons (Fsp3) is 1.00. The molecule has 2 fully saturated rings. The van der Waals surface area contributed by atoms with E-state index in [1.807, 2.05) is 0 Å². The van der Waals surface area contributed by atoms with Crippen LogP contribution >= 0.6 is 0 Å². The second kappa shape index (κ2) is 5.92. The Labute approximate surface area is 113 Å². The first-order chi connectivity index (χ1) is 8.55. The summed E-state index contributed by atoms with van der Waals surface area (Å²) in [7, 11) is 0. The summed E-state index contributed by atoms with van der Waals surface area (Å²) in [6.45, 7) is 9.14. The van der Waals surface area contributed by atoms with Crippen LogP contribution in [-0.2, 0) is 0 Å². The lowest BCUT2D eigenvalue weighted by atomic mass is 9.73. The van der Waals surface area contributed by atoms with Crippen molar-refractivity contribution in [1.82, 2.24) is 4.90 Å². The van der Waals surface area contributed by atoms with Crippen LogP contribution in [0.25, 0.3) is 0 Å². The van der Waals surface area contributed by atoms with Crippen molar-refractivity contribution < 1.29 is 5.11 Å². The van der Waals surface area contributed by atoms with Gasteiger partial charge in [-0.25, -0.2) is 0 Å². The van der Waals surface area contributed by atoms with Gasteiger partial charge in [-0.15, -0.1) is 0 Å². The Kier molecular flexibility index (Phi) is 4.71. The molecule has 2 heteroatoms. The molecule has 18 heavy (non-hydrogen) atoms. The van der Waals surface area contributed by atoms with Gasteiger partial charge in [0.15, 0.2) is 0 Å². The highest BCUT2D eigenvalue weighted by molar-refractivity contribution is 4.95. The fourth-order valence-corrected chi connectivity index (χ4v) is 4.05. The molecule has 1 aliphatic heterocycles. The van der Waals surface area contributed by atoms with Gasteiger partial charge in [0.1, 0.15) is 0 Å². The molecule has 1 saturated heterocycles. The maximum Gasteiger partial charge on any atom is 0.0746 e. The molecule has 0 aromatic rings. The number of aliphatic hydroxyl groups excluding tert-OH is 1. The van der Waals surface area contributed by atoms with Crippen molar-refractivity contribution in [2.45, 2.75) is 77.4 Å². The van der Waals surface area contributed by atoms with Crippen LogP contribution in [0.2, 0.25) is 0 Å². The van der Waals surface area contributed by atoms with E-state index in [1.54, 1.807) is 0 Å². The summed E-state index contributed by atoms with van der Waals surface area (Å²) >= 11 is 0. The van der Waals surface area contributed by atoms with E-state index in [4.69, 9.17) is 0 Å². The van der Waals surface area contributed by atoms with E-state index < -0.39 is 0 Å². The Morgan fingerprint density at radius 3 is 2.44 bits per heavy atom. The first-order valence-corrected chi connectivity index (χ1v) is 7.98. The van der Waals surface area contributed by atoms with E-state index in [9.17, 15) is 5.11 Å². The molecular weight excluding hydrogens is 222 g/mol. The fourth-order valence-electron chi connectivity index (χ4n) is 4.05. The zero-order valence-corrected chi connectivity index (χ0v) is 12.5. The van der Waals surface area contributed by atoms with Crippen LogP contribution in [-0.4, -0.2) is 34.7 Å². The van der Waals surface area contributed by atoms with E-state index in [-0.39, 0.29) is 11.6 Å². The minimum Gasteiger partial charge on any atom is -0.391 e. The molecule has 1 N–H and O–H groups in total. The van der Waals surface area contributed by atoms with Crippen molar-refractivity contribution in [2.24, 2.45) is 11.8 Å². The van der Waals surface area contributed by atoms with Crippen LogP contribution < -0.4 is 0 Å².